The predicted octanol–water partition coefficient (Wildman–Crippen LogP) is 3.32. The molecule has 3 aromatic rings. The number of benzene rings is 3. The zero-order valence-electron chi connectivity index (χ0n) is 20.0. The molecule has 3 aromatic carbocycles. The summed E-state index contributed by atoms with van der Waals surface area (Å²) in [5.74, 6) is -1.88. The van der Waals surface area contributed by atoms with Crippen molar-refractivity contribution in [2.45, 2.75) is 25.4 Å². The summed E-state index contributed by atoms with van der Waals surface area (Å²) in [7, 11) is 1.54. The van der Waals surface area contributed by atoms with Crippen molar-refractivity contribution >= 4 is 23.7 Å². The number of amides is 3. The van der Waals surface area contributed by atoms with Gasteiger partial charge >= 0.3 is 5.97 Å². The van der Waals surface area contributed by atoms with Crippen molar-refractivity contribution in [3.63, 3.8) is 0 Å². The van der Waals surface area contributed by atoms with E-state index in [2.05, 4.69) is 5.32 Å². The van der Waals surface area contributed by atoms with Crippen LogP contribution in [0.1, 0.15) is 44.8 Å². The molecule has 0 saturated heterocycles. The van der Waals surface area contributed by atoms with Crippen molar-refractivity contribution in [2.24, 2.45) is 0 Å². The molecule has 1 aliphatic rings. The third kappa shape index (κ3) is 5.12. The Balaban J connectivity index is 1.48. The Morgan fingerprint density at radius 1 is 0.861 bits per heavy atom. The number of methoxy groups -OCH3 is 1. The Labute approximate surface area is 208 Å². The molecule has 4 rings (SSSR count). The molecule has 0 saturated carbocycles. The summed E-state index contributed by atoms with van der Waals surface area (Å²) < 4.78 is 10.6. The van der Waals surface area contributed by atoms with Crippen molar-refractivity contribution in [1.82, 2.24) is 10.2 Å². The lowest BCUT2D eigenvalue weighted by atomic mass is 10.0. The molecule has 0 radical (unpaired) electrons. The zero-order chi connectivity index (χ0) is 25.7. The fraction of sp³-hybridized carbons (Fsp3) is 0.214. The molecule has 3 amide bonds. The average Bonchev–Trinajstić information content (AvgIpc) is 3.16. The normalized spacial score (nSPS) is 14.1. The van der Waals surface area contributed by atoms with Crippen molar-refractivity contribution < 1.29 is 28.7 Å². The van der Waals surface area contributed by atoms with Gasteiger partial charge < -0.3 is 14.8 Å². The Morgan fingerprint density at radius 3 is 2.08 bits per heavy atom. The summed E-state index contributed by atoms with van der Waals surface area (Å²) >= 11 is 0. The maximum absolute atomic E-state index is 13.2. The highest BCUT2D eigenvalue weighted by Gasteiger charge is 2.43. The van der Waals surface area contributed by atoms with Gasteiger partial charge in [0, 0.05) is 12.0 Å². The second-order valence-corrected chi connectivity index (χ2v) is 8.37. The van der Waals surface area contributed by atoms with Crippen LogP contribution in [0.5, 0.6) is 5.75 Å². The van der Waals surface area contributed by atoms with Gasteiger partial charge in [0.15, 0.2) is 6.61 Å². The van der Waals surface area contributed by atoms with Crippen LogP contribution in [0.4, 0.5) is 0 Å². The lowest BCUT2D eigenvalue weighted by Crippen LogP contribution is -2.47. The minimum Gasteiger partial charge on any atom is -0.496 e. The van der Waals surface area contributed by atoms with Gasteiger partial charge in [-0.3, -0.25) is 19.3 Å². The molecule has 0 bridgehead atoms. The van der Waals surface area contributed by atoms with Gasteiger partial charge in [-0.15, -0.1) is 0 Å². The zero-order valence-corrected chi connectivity index (χ0v) is 20.0. The first-order valence-corrected chi connectivity index (χ1v) is 11.5. The molecule has 8 nitrogen and oxygen atoms in total. The van der Waals surface area contributed by atoms with E-state index in [0.717, 1.165) is 16.0 Å². The topological polar surface area (TPSA) is 102 Å². The number of carbonyl (C=O) groups excluding carboxylic acids is 4. The van der Waals surface area contributed by atoms with Gasteiger partial charge in [0.25, 0.3) is 17.7 Å². The molecular weight excluding hydrogens is 460 g/mol. The molecule has 2 atom stereocenters. The monoisotopic (exact) mass is 486 g/mol. The van der Waals surface area contributed by atoms with E-state index in [4.69, 9.17) is 9.47 Å². The number of ether oxygens (including phenoxy) is 2. The van der Waals surface area contributed by atoms with E-state index < -0.39 is 42.4 Å². The number of esters is 1. The van der Waals surface area contributed by atoms with E-state index in [0.29, 0.717) is 5.75 Å². The fourth-order valence-electron chi connectivity index (χ4n) is 4.23. The van der Waals surface area contributed by atoms with Crippen LogP contribution in [0.2, 0.25) is 0 Å². The largest absolute Gasteiger partial charge is 0.496 e. The Morgan fingerprint density at radius 2 is 1.44 bits per heavy atom. The van der Waals surface area contributed by atoms with Crippen LogP contribution >= 0.6 is 0 Å². The number of fused-ring (bicyclic) bond motifs is 1. The first-order valence-electron chi connectivity index (χ1n) is 11.5. The fourth-order valence-corrected chi connectivity index (χ4v) is 4.23. The number of carbonyl (C=O) groups is 4. The van der Waals surface area contributed by atoms with Gasteiger partial charge in [-0.2, -0.15) is 0 Å². The highest BCUT2D eigenvalue weighted by molar-refractivity contribution is 6.22. The highest BCUT2D eigenvalue weighted by atomic mass is 16.5. The van der Waals surface area contributed by atoms with Crippen LogP contribution in [0.25, 0.3) is 0 Å². The lowest BCUT2D eigenvalue weighted by molar-refractivity contribution is -0.152. The number of hydrogen-bond acceptors (Lipinski definition) is 6. The Kier molecular flexibility index (Phi) is 7.44. The quantitative estimate of drug-likeness (QED) is 0.368. The molecule has 1 aliphatic heterocycles. The number of para-hydroxylation sites is 1. The van der Waals surface area contributed by atoms with Gasteiger partial charge in [0.05, 0.1) is 24.3 Å². The molecule has 8 heteroatoms. The van der Waals surface area contributed by atoms with Gasteiger partial charge in [0.2, 0.25) is 0 Å². The minimum atomic E-state index is -1.22. The number of hydrogen-bond donors (Lipinski definition) is 1. The molecule has 0 aliphatic carbocycles. The maximum atomic E-state index is 13.2. The predicted molar refractivity (Wildman–Crippen MR) is 131 cm³/mol. The van der Waals surface area contributed by atoms with Gasteiger partial charge in [-0.05, 0) is 30.7 Å². The van der Waals surface area contributed by atoms with Gasteiger partial charge in [0.1, 0.15) is 11.8 Å². The number of imide groups is 1. The smallest absolute Gasteiger partial charge is 0.330 e. The van der Waals surface area contributed by atoms with E-state index in [-0.39, 0.29) is 17.5 Å². The SMILES string of the molecule is COc1ccccc1C(C)NC(=O)COC(=O)[C@H](Cc1ccccc1)N1C(=O)c2ccccc2C1=O. The van der Waals surface area contributed by atoms with Crippen molar-refractivity contribution in [3.8, 4) is 5.75 Å². The Hall–Kier alpha value is -4.46. The molecule has 184 valence electrons. The van der Waals surface area contributed by atoms with Crippen LogP contribution in [0.3, 0.4) is 0 Å². The van der Waals surface area contributed by atoms with E-state index in [1.54, 1.807) is 68.6 Å². The van der Waals surface area contributed by atoms with Gasteiger partial charge in [-0.25, -0.2) is 4.79 Å². The third-order valence-corrected chi connectivity index (χ3v) is 6.01. The molecular formula is C28H26N2O6. The highest BCUT2D eigenvalue weighted by Crippen LogP contribution is 2.27. The second kappa shape index (κ2) is 10.9. The number of rotatable bonds is 9. The van der Waals surface area contributed by atoms with Crippen LogP contribution < -0.4 is 10.1 Å². The van der Waals surface area contributed by atoms with Crippen molar-refractivity contribution in [3.05, 3.63) is 101 Å². The van der Waals surface area contributed by atoms with E-state index >= 15 is 0 Å². The Bertz CT molecular complexity index is 1250. The molecule has 1 heterocycles. The van der Waals surface area contributed by atoms with Crippen LogP contribution in [-0.4, -0.2) is 48.3 Å². The summed E-state index contributed by atoms with van der Waals surface area (Å²) in [5, 5.41) is 2.77. The molecule has 36 heavy (non-hydrogen) atoms. The van der Waals surface area contributed by atoms with Crippen molar-refractivity contribution in [2.75, 3.05) is 13.7 Å². The summed E-state index contributed by atoms with van der Waals surface area (Å²) in [6, 6.07) is 21.1. The van der Waals surface area contributed by atoms with E-state index in [1.165, 1.54) is 0 Å². The lowest BCUT2D eigenvalue weighted by Gasteiger charge is -2.25. The summed E-state index contributed by atoms with van der Waals surface area (Å²) in [5.41, 5.74) is 1.98. The van der Waals surface area contributed by atoms with Crippen LogP contribution in [0, 0.1) is 0 Å². The number of nitrogens with zero attached hydrogens (tertiary/aromatic N) is 1. The first kappa shape index (κ1) is 24.7. The molecule has 0 spiro atoms. The van der Waals surface area contributed by atoms with Gasteiger partial charge in [-0.1, -0.05) is 60.7 Å². The van der Waals surface area contributed by atoms with Crippen LogP contribution in [-0.2, 0) is 20.7 Å². The second-order valence-electron chi connectivity index (χ2n) is 8.37. The first-order chi connectivity index (χ1) is 17.4. The summed E-state index contributed by atoms with van der Waals surface area (Å²) in [4.78, 5) is 52.8. The van der Waals surface area contributed by atoms with Crippen molar-refractivity contribution in [1.29, 1.82) is 0 Å². The third-order valence-electron chi connectivity index (χ3n) is 6.01. The standard InChI is InChI=1S/C28H26N2O6/c1-18(20-12-8-9-15-24(20)35-2)29-25(31)17-36-28(34)23(16-19-10-4-3-5-11-19)30-26(32)21-13-6-7-14-22(21)27(30)33/h3-15,18,23H,16-17H2,1-2H3,(H,29,31)/t18?,23-/m0/s1. The number of nitrogens with one attached hydrogen (secondary N) is 1. The molecule has 1 N–H and O–H groups in total. The maximum Gasteiger partial charge on any atom is 0.330 e. The van der Waals surface area contributed by atoms with Crippen LogP contribution in [0.15, 0.2) is 78.9 Å². The molecule has 0 fully saturated rings. The summed E-state index contributed by atoms with van der Waals surface area (Å²) in [6.07, 6.45) is 0.0599. The minimum absolute atomic E-state index is 0.0599. The van der Waals surface area contributed by atoms with E-state index in [9.17, 15) is 19.2 Å². The summed E-state index contributed by atoms with van der Waals surface area (Å²) in [6.45, 7) is 1.22. The molecule has 0 aromatic heterocycles. The van der Waals surface area contributed by atoms with E-state index in [1.807, 2.05) is 24.3 Å². The molecule has 1 unspecified atom stereocenters. The average molecular weight is 487 g/mol.